The van der Waals surface area contributed by atoms with Crippen molar-refractivity contribution in [2.75, 3.05) is 32.6 Å². The molecule has 1 N–H and O–H groups in total. The van der Waals surface area contributed by atoms with Gasteiger partial charge in [0.2, 0.25) is 5.91 Å². The Morgan fingerprint density at radius 2 is 1.63 bits per heavy atom. The van der Waals surface area contributed by atoms with Crippen LogP contribution in [-0.2, 0) is 17.4 Å². The van der Waals surface area contributed by atoms with Crippen LogP contribution in [0.25, 0.3) is 0 Å². The van der Waals surface area contributed by atoms with Crippen molar-refractivity contribution < 1.29 is 32.2 Å². The topological polar surface area (TPSA) is 80.8 Å². The maximum atomic E-state index is 12.7. The number of hydrogen-bond acceptors (Lipinski definition) is 5. The Hall–Kier alpha value is -4.08. The van der Waals surface area contributed by atoms with E-state index in [9.17, 15) is 22.8 Å². The molecule has 1 aliphatic rings. The number of methoxy groups -OCH3 is 2. The van der Waals surface area contributed by atoms with Crippen LogP contribution in [0, 0.1) is 0 Å². The molecule has 1 aromatic heterocycles. The molecule has 1 fully saturated rings. The summed E-state index contributed by atoms with van der Waals surface area (Å²) in [4.78, 5) is 31.3. The molecule has 0 unspecified atom stereocenters. The van der Waals surface area contributed by atoms with E-state index in [1.165, 1.54) is 32.5 Å². The maximum Gasteiger partial charge on any atom is 0.416 e. The maximum absolute atomic E-state index is 12.7. The molecule has 1 saturated heterocycles. The Bertz CT molecular complexity index is 1270. The predicted molar refractivity (Wildman–Crippen MR) is 135 cm³/mol. The van der Waals surface area contributed by atoms with Crippen LogP contribution in [0.4, 0.5) is 18.9 Å². The van der Waals surface area contributed by atoms with Gasteiger partial charge in [-0.25, -0.2) is 4.98 Å². The molecule has 7 nitrogen and oxygen atoms in total. The number of likely N-dealkylation sites (tertiary alicyclic amines) is 1. The summed E-state index contributed by atoms with van der Waals surface area (Å²) in [5.41, 5.74) is 1.66. The summed E-state index contributed by atoms with van der Waals surface area (Å²) in [6, 6.07) is 13.9. The number of nitrogens with zero attached hydrogens (tertiary/aromatic N) is 2. The quantitative estimate of drug-likeness (QED) is 0.450. The number of rotatable bonds is 7. The van der Waals surface area contributed by atoms with Gasteiger partial charge in [0.1, 0.15) is 0 Å². The summed E-state index contributed by atoms with van der Waals surface area (Å²) in [6.45, 7) is 1.15. The number of hydrogen-bond donors (Lipinski definition) is 1. The summed E-state index contributed by atoms with van der Waals surface area (Å²) < 4.78 is 48.7. The van der Waals surface area contributed by atoms with Gasteiger partial charge in [-0.15, -0.1) is 0 Å². The van der Waals surface area contributed by atoms with Crippen LogP contribution >= 0.6 is 0 Å². The van der Waals surface area contributed by atoms with E-state index in [1.807, 2.05) is 24.3 Å². The lowest BCUT2D eigenvalue weighted by Crippen LogP contribution is -2.38. The molecule has 38 heavy (non-hydrogen) atoms. The average molecular weight is 528 g/mol. The van der Waals surface area contributed by atoms with Gasteiger partial charge in [-0.05, 0) is 54.2 Å². The van der Waals surface area contributed by atoms with Gasteiger partial charge < -0.3 is 19.7 Å². The number of amides is 2. The fourth-order valence-corrected chi connectivity index (χ4v) is 4.54. The molecular formula is C28H28F3N3O4. The van der Waals surface area contributed by atoms with Crippen LogP contribution in [0.1, 0.15) is 45.9 Å². The number of carbonyl (C=O) groups is 2. The zero-order valence-corrected chi connectivity index (χ0v) is 21.0. The lowest BCUT2D eigenvalue weighted by atomic mass is 9.89. The summed E-state index contributed by atoms with van der Waals surface area (Å²) in [7, 11) is 2.93. The first-order valence-corrected chi connectivity index (χ1v) is 12.1. The van der Waals surface area contributed by atoms with Gasteiger partial charge in [0.05, 0.1) is 26.2 Å². The van der Waals surface area contributed by atoms with Gasteiger partial charge in [-0.1, -0.05) is 24.3 Å². The van der Waals surface area contributed by atoms with Crippen molar-refractivity contribution in [1.82, 2.24) is 9.88 Å². The molecule has 0 saturated carbocycles. The highest BCUT2D eigenvalue weighted by Crippen LogP contribution is 2.32. The summed E-state index contributed by atoms with van der Waals surface area (Å²) >= 11 is 0. The monoisotopic (exact) mass is 527 g/mol. The number of alkyl halides is 3. The second kappa shape index (κ2) is 11.5. The standard InChI is InChI=1S/C28H28F3N3O4/c1-37-23-11-14-32-25(26(23)38-2)27(36)33-22-9-5-19(6-10-22)20-12-15-34(16-13-20)24(35)17-18-3-7-21(8-4-18)28(29,30)31/h3-11,14,20H,12-13,15-17H2,1-2H3,(H,33,36). The summed E-state index contributed by atoms with van der Waals surface area (Å²) in [5.74, 6) is 0.405. The number of anilines is 1. The third kappa shape index (κ3) is 6.24. The number of carbonyl (C=O) groups excluding carboxylic acids is 2. The van der Waals surface area contributed by atoms with Gasteiger partial charge in [-0.2, -0.15) is 13.2 Å². The molecule has 0 bridgehead atoms. The Morgan fingerprint density at radius 1 is 0.974 bits per heavy atom. The van der Waals surface area contributed by atoms with E-state index in [2.05, 4.69) is 10.3 Å². The van der Waals surface area contributed by atoms with Crippen molar-refractivity contribution in [3.05, 3.63) is 83.2 Å². The van der Waals surface area contributed by atoms with Gasteiger partial charge in [0.15, 0.2) is 17.2 Å². The number of piperidine rings is 1. The molecular weight excluding hydrogens is 499 g/mol. The first kappa shape index (κ1) is 27.0. The lowest BCUT2D eigenvalue weighted by molar-refractivity contribution is -0.137. The van der Waals surface area contributed by atoms with Gasteiger partial charge >= 0.3 is 6.18 Å². The molecule has 2 heterocycles. The zero-order valence-electron chi connectivity index (χ0n) is 21.0. The summed E-state index contributed by atoms with van der Waals surface area (Å²) in [5, 5.41) is 2.82. The fourth-order valence-electron chi connectivity index (χ4n) is 4.54. The first-order valence-electron chi connectivity index (χ1n) is 12.1. The third-order valence-electron chi connectivity index (χ3n) is 6.63. The Balaban J connectivity index is 1.30. The second-order valence-corrected chi connectivity index (χ2v) is 9.00. The van der Waals surface area contributed by atoms with Crippen LogP contribution in [0.3, 0.4) is 0 Å². The number of nitrogens with one attached hydrogen (secondary N) is 1. The molecule has 0 aliphatic carbocycles. The Morgan fingerprint density at radius 3 is 2.21 bits per heavy atom. The molecule has 2 amide bonds. The molecule has 200 valence electrons. The number of benzene rings is 2. The van der Waals surface area contributed by atoms with Crippen LogP contribution < -0.4 is 14.8 Å². The van der Waals surface area contributed by atoms with Crippen molar-refractivity contribution in [2.24, 2.45) is 0 Å². The smallest absolute Gasteiger partial charge is 0.416 e. The minimum Gasteiger partial charge on any atom is -0.493 e. The van der Waals surface area contributed by atoms with E-state index in [-0.39, 0.29) is 29.7 Å². The van der Waals surface area contributed by atoms with Gasteiger partial charge in [0, 0.05) is 31.0 Å². The molecule has 0 radical (unpaired) electrons. The second-order valence-electron chi connectivity index (χ2n) is 9.00. The van der Waals surface area contributed by atoms with Crippen molar-refractivity contribution in [3.8, 4) is 11.5 Å². The average Bonchev–Trinajstić information content (AvgIpc) is 2.92. The third-order valence-corrected chi connectivity index (χ3v) is 6.63. The minimum absolute atomic E-state index is 0.0735. The largest absolute Gasteiger partial charge is 0.493 e. The van der Waals surface area contributed by atoms with E-state index in [0.717, 1.165) is 30.5 Å². The minimum atomic E-state index is -4.39. The van der Waals surface area contributed by atoms with Crippen LogP contribution in [0.2, 0.25) is 0 Å². The highest BCUT2D eigenvalue weighted by atomic mass is 19.4. The number of aromatic nitrogens is 1. The van der Waals surface area contributed by atoms with Crippen molar-refractivity contribution in [2.45, 2.75) is 31.4 Å². The number of halogens is 3. The highest BCUT2D eigenvalue weighted by Gasteiger charge is 2.30. The van der Waals surface area contributed by atoms with Crippen LogP contribution in [0.5, 0.6) is 11.5 Å². The molecule has 10 heteroatoms. The Kier molecular flexibility index (Phi) is 8.19. The fraction of sp³-hybridized carbons (Fsp3) is 0.321. The first-order chi connectivity index (χ1) is 18.2. The van der Waals surface area contributed by atoms with Gasteiger partial charge in [-0.3, -0.25) is 9.59 Å². The number of pyridine rings is 1. The predicted octanol–water partition coefficient (Wildman–Crippen LogP) is 5.32. The van der Waals surface area contributed by atoms with E-state index in [4.69, 9.17) is 9.47 Å². The molecule has 2 aromatic carbocycles. The van der Waals surface area contributed by atoms with E-state index in [1.54, 1.807) is 11.0 Å². The molecule has 3 aromatic rings. The van der Waals surface area contributed by atoms with Crippen LogP contribution in [-0.4, -0.2) is 49.0 Å². The van der Waals surface area contributed by atoms with Crippen LogP contribution in [0.15, 0.2) is 60.8 Å². The molecule has 0 atom stereocenters. The van der Waals surface area contributed by atoms with E-state index < -0.39 is 17.6 Å². The number of ether oxygens (including phenoxy) is 2. The lowest BCUT2D eigenvalue weighted by Gasteiger charge is -2.32. The van der Waals surface area contributed by atoms with Crippen molar-refractivity contribution >= 4 is 17.5 Å². The molecule has 1 aliphatic heterocycles. The zero-order chi connectivity index (χ0) is 27.3. The molecule has 0 spiro atoms. The van der Waals surface area contributed by atoms with Gasteiger partial charge in [0.25, 0.3) is 5.91 Å². The van der Waals surface area contributed by atoms with Crippen molar-refractivity contribution in [1.29, 1.82) is 0 Å². The highest BCUT2D eigenvalue weighted by molar-refractivity contribution is 6.05. The van der Waals surface area contributed by atoms with E-state index in [0.29, 0.717) is 30.1 Å². The Labute approximate surface area is 218 Å². The van der Waals surface area contributed by atoms with Crippen molar-refractivity contribution in [3.63, 3.8) is 0 Å². The SMILES string of the molecule is COc1ccnc(C(=O)Nc2ccc(C3CCN(C(=O)Cc4ccc(C(F)(F)F)cc4)CC3)cc2)c1OC. The van der Waals surface area contributed by atoms with E-state index >= 15 is 0 Å². The normalized spacial score (nSPS) is 14.2. The molecule has 4 rings (SSSR count). The summed E-state index contributed by atoms with van der Waals surface area (Å²) in [6.07, 6.45) is -1.30.